The van der Waals surface area contributed by atoms with Crippen LogP contribution in [-0.4, -0.2) is 19.9 Å². The Morgan fingerprint density at radius 1 is 0.210 bits per heavy atom. The summed E-state index contributed by atoms with van der Waals surface area (Å²) in [7, 11) is 0. The summed E-state index contributed by atoms with van der Waals surface area (Å²) in [4.78, 5) is 21.3. The van der Waals surface area contributed by atoms with Crippen molar-refractivity contribution in [2.75, 3.05) is 0 Å². The maximum absolute atomic E-state index is 5.39. The lowest BCUT2D eigenvalue weighted by Crippen LogP contribution is -1.96. The zero-order valence-electron chi connectivity index (χ0n) is 33.4. The predicted molar refractivity (Wildman–Crippen MR) is 259 cm³/mol. The molecule has 0 fully saturated rings. The molecule has 0 aliphatic heterocycles. The van der Waals surface area contributed by atoms with Crippen LogP contribution < -0.4 is 0 Å². The molecule has 9 aromatic carbocycles. The fourth-order valence-corrected chi connectivity index (χ4v) is 9.45. The maximum atomic E-state index is 5.39. The summed E-state index contributed by atoms with van der Waals surface area (Å²) in [5.74, 6) is 0. The normalized spacial score (nSPS) is 11.9. The van der Waals surface area contributed by atoms with Crippen molar-refractivity contribution in [1.29, 1.82) is 0 Å². The molecule has 0 spiro atoms. The lowest BCUT2D eigenvalue weighted by atomic mass is 9.86. The van der Waals surface area contributed by atoms with Gasteiger partial charge in [-0.05, 0) is 116 Å². The Hall–Kier alpha value is -8.34. The van der Waals surface area contributed by atoms with Crippen molar-refractivity contribution in [2.24, 2.45) is 0 Å². The third-order valence-corrected chi connectivity index (χ3v) is 12.5. The van der Waals surface area contributed by atoms with Crippen LogP contribution in [0.3, 0.4) is 0 Å². The first-order valence-corrected chi connectivity index (χ1v) is 21.0. The molecule has 0 atom stereocenters. The van der Waals surface area contributed by atoms with Crippen molar-refractivity contribution in [3.8, 4) is 45.0 Å². The summed E-state index contributed by atoms with van der Waals surface area (Å²) in [5.41, 5.74) is 11.7. The highest BCUT2D eigenvalue weighted by Gasteiger charge is 2.21. The molecule has 4 aromatic heterocycles. The van der Waals surface area contributed by atoms with E-state index >= 15 is 0 Å². The highest BCUT2D eigenvalue weighted by atomic mass is 14.7. The van der Waals surface area contributed by atoms with Gasteiger partial charge in [0.05, 0.1) is 44.8 Å². The van der Waals surface area contributed by atoms with E-state index in [1.54, 1.807) is 0 Å². The highest BCUT2D eigenvalue weighted by molar-refractivity contribution is 6.22. The van der Waals surface area contributed by atoms with Gasteiger partial charge in [0.15, 0.2) is 0 Å². The van der Waals surface area contributed by atoms with Crippen LogP contribution in [0.25, 0.3) is 132 Å². The fourth-order valence-electron chi connectivity index (χ4n) is 9.45. The van der Waals surface area contributed by atoms with E-state index in [1.165, 1.54) is 21.5 Å². The summed E-state index contributed by atoms with van der Waals surface area (Å²) in [5, 5.41) is 13.6. The highest BCUT2D eigenvalue weighted by Crippen LogP contribution is 2.46. The topological polar surface area (TPSA) is 51.6 Å². The van der Waals surface area contributed by atoms with Crippen molar-refractivity contribution in [1.82, 2.24) is 19.9 Å². The van der Waals surface area contributed by atoms with Crippen LogP contribution in [0.15, 0.2) is 206 Å². The Morgan fingerprint density at radius 2 is 0.565 bits per heavy atom. The molecule has 0 aliphatic rings. The second-order valence-electron chi connectivity index (χ2n) is 16.2. The third-order valence-electron chi connectivity index (χ3n) is 12.5. The first kappa shape index (κ1) is 34.5. The molecule has 13 rings (SSSR count). The first-order valence-electron chi connectivity index (χ1n) is 21.0. The molecule has 0 aliphatic carbocycles. The Labute approximate surface area is 356 Å². The van der Waals surface area contributed by atoms with Gasteiger partial charge >= 0.3 is 0 Å². The van der Waals surface area contributed by atoms with Gasteiger partial charge in [0, 0.05) is 43.8 Å². The van der Waals surface area contributed by atoms with E-state index in [2.05, 4.69) is 206 Å². The van der Waals surface area contributed by atoms with E-state index in [-0.39, 0.29) is 0 Å². The number of aromatic nitrogens is 4. The van der Waals surface area contributed by atoms with Gasteiger partial charge < -0.3 is 0 Å². The smallest absolute Gasteiger partial charge is 0.0722 e. The SMILES string of the molecule is c1ccc2cc3nc(-c4ccc5c(-c6ccc7ccccc7n6)c6ccc(-c7ccc8cc9ccccc9cc8n7)cc6c(-c6ccc7ccccc7n6)c5c4)ccc3cc2c1. The van der Waals surface area contributed by atoms with Crippen molar-refractivity contribution in [2.45, 2.75) is 0 Å². The summed E-state index contributed by atoms with van der Waals surface area (Å²) in [6.07, 6.45) is 0. The van der Waals surface area contributed by atoms with E-state index in [1.807, 2.05) is 0 Å². The second kappa shape index (κ2) is 13.6. The zero-order valence-corrected chi connectivity index (χ0v) is 33.4. The van der Waals surface area contributed by atoms with Crippen LogP contribution >= 0.6 is 0 Å². The molecule has 4 heteroatoms. The number of fused-ring (bicyclic) bond motifs is 8. The fraction of sp³-hybridized carbons (Fsp3) is 0. The summed E-state index contributed by atoms with van der Waals surface area (Å²) in [6, 6.07) is 73.4. The predicted octanol–water partition coefficient (Wildman–Crippen LogP) is 15.2. The van der Waals surface area contributed by atoms with Crippen LogP contribution in [0.4, 0.5) is 0 Å². The van der Waals surface area contributed by atoms with Gasteiger partial charge in [0.1, 0.15) is 0 Å². The number of pyridine rings is 4. The van der Waals surface area contributed by atoms with Gasteiger partial charge in [0.25, 0.3) is 0 Å². The molecule has 0 saturated heterocycles. The lowest BCUT2D eigenvalue weighted by Gasteiger charge is -2.19. The molecular weight excluding hydrogens is 753 g/mol. The van der Waals surface area contributed by atoms with Crippen molar-refractivity contribution >= 4 is 86.7 Å². The summed E-state index contributed by atoms with van der Waals surface area (Å²) < 4.78 is 0. The van der Waals surface area contributed by atoms with E-state index in [0.717, 1.165) is 110 Å². The molecule has 4 nitrogen and oxygen atoms in total. The van der Waals surface area contributed by atoms with Crippen molar-refractivity contribution in [3.63, 3.8) is 0 Å². The van der Waals surface area contributed by atoms with Gasteiger partial charge in [-0.1, -0.05) is 133 Å². The maximum Gasteiger partial charge on any atom is 0.0722 e. The Bertz CT molecular complexity index is 3820. The van der Waals surface area contributed by atoms with Gasteiger partial charge in [-0.25, -0.2) is 19.9 Å². The Balaban J connectivity index is 1.11. The molecule has 286 valence electrons. The molecule has 4 heterocycles. The number of nitrogens with zero attached hydrogens (tertiary/aromatic N) is 4. The molecule has 13 aromatic rings. The average Bonchev–Trinajstić information content (AvgIpc) is 3.33. The van der Waals surface area contributed by atoms with Gasteiger partial charge in [-0.15, -0.1) is 0 Å². The van der Waals surface area contributed by atoms with Crippen molar-refractivity contribution < 1.29 is 0 Å². The second-order valence-corrected chi connectivity index (χ2v) is 16.2. The van der Waals surface area contributed by atoms with Crippen LogP contribution in [0.5, 0.6) is 0 Å². The van der Waals surface area contributed by atoms with Crippen molar-refractivity contribution in [3.05, 3.63) is 206 Å². The first-order chi connectivity index (χ1) is 30.7. The quantitative estimate of drug-likeness (QED) is 0.167. The minimum absolute atomic E-state index is 0.905. The molecule has 62 heavy (non-hydrogen) atoms. The lowest BCUT2D eigenvalue weighted by molar-refractivity contribution is 1.39. The Kier molecular flexibility index (Phi) is 7.57. The van der Waals surface area contributed by atoms with Gasteiger partial charge in [0.2, 0.25) is 0 Å². The van der Waals surface area contributed by atoms with E-state index in [9.17, 15) is 0 Å². The third kappa shape index (κ3) is 5.62. The van der Waals surface area contributed by atoms with E-state index in [4.69, 9.17) is 19.9 Å². The molecule has 0 saturated carbocycles. The van der Waals surface area contributed by atoms with Crippen LogP contribution in [0, 0.1) is 0 Å². The van der Waals surface area contributed by atoms with Gasteiger partial charge in [-0.3, -0.25) is 0 Å². The van der Waals surface area contributed by atoms with Crippen LogP contribution in [0.1, 0.15) is 0 Å². The number of para-hydroxylation sites is 2. The molecule has 0 N–H and O–H groups in total. The standard InChI is InChI=1S/C58H34N4/c1-3-13-39-33-55-41(29-37(39)11-1)21-25-51(61-55)43-17-23-45-47(31-43)58(54-28-20-36-10-6-8-16-50(36)60-54)48-32-44(52-26-22-42-30-38-12-2-4-14-40(38)34-56(42)62-52)18-24-46(48)57(45)53-27-19-35-9-5-7-15-49(35)59-53/h1-34H. The van der Waals surface area contributed by atoms with Crippen LogP contribution in [-0.2, 0) is 0 Å². The van der Waals surface area contributed by atoms with E-state index in [0.29, 0.717) is 0 Å². The molecule has 0 unspecified atom stereocenters. The molecule has 0 radical (unpaired) electrons. The number of rotatable bonds is 4. The number of benzene rings is 9. The minimum Gasteiger partial charge on any atom is -0.248 e. The summed E-state index contributed by atoms with van der Waals surface area (Å²) >= 11 is 0. The largest absolute Gasteiger partial charge is 0.248 e. The van der Waals surface area contributed by atoms with Crippen LogP contribution in [0.2, 0.25) is 0 Å². The minimum atomic E-state index is 0.905. The number of hydrogen-bond donors (Lipinski definition) is 0. The number of hydrogen-bond acceptors (Lipinski definition) is 4. The van der Waals surface area contributed by atoms with E-state index < -0.39 is 0 Å². The average molecular weight is 787 g/mol. The Morgan fingerprint density at radius 3 is 1.03 bits per heavy atom. The monoisotopic (exact) mass is 786 g/mol. The molecular formula is C58H34N4. The van der Waals surface area contributed by atoms with Gasteiger partial charge in [-0.2, -0.15) is 0 Å². The molecule has 0 bridgehead atoms. The summed E-state index contributed by atoms with van der Waals surface area (Å²) in [6.45, 7) is 0. The molecule has 0 amide bonds. The zero-order chi connectivity index (χ0) is 40.7.